The van der Waals surface area contributed by atoms with Gasteiger partial charge in [0, 0.05) is 23.8 Å². The third-order valence-corrected chi connectivity index (χ3v) is 3.04. The number of likely N-dealkylation sites (N-methyl/N-ethyl adjacent to an activating group) is 1. The fraction of sp³-hybridized carbons (Fsp3) is 0.900. The zero-order valence-electron chi connectivity index (χ0n) is 9.74. The molecule has 0 bridgehead atoms. The van der Waals surface area contributed by atoms with E-state index in [4.69, 9.17) is 0 Å². The fourth-order valence-corrected chi connectivity index (χ4v) is 0.946. The van der Waals surface area contributed by atoms with Crippen LogP contribution in [0.1, 0.15) is 20.8 Å². The molecule has 1 N–H and O–H groups in total. The molecule has 0 heterocycles. The Hall–Kier alpha value is -0.220. The number of nitrogens with one attached hydrogen (secondary N) is 1. The van der Waals surface area contributed by atoms with Crippen LogP contribution in [0.3, 0.4) is 0 Å². The van der Waals surface area contributed by atoms with E-state index in [0.29, 0.717) is 12.6 Å². The standard InChI is InChI=1S/C10H22N2OS/c1-7(12(4)5)6-11-10(13)8(2)9(3)14/h7-9,14H,6H2,1-5H3,(H,11,13). The van der Waals surface area contributed by atoms with Crippen molar-refractivity contribution in [3.63, 3.8) is 0 Å². The molecule has 0 aliphatic heterocycles. The van der Waals surface area contributed by atoms with Crippen LogP contribution in [0.4, 0.5) is 0 Å². The third-order valence-electron chi connectivity index (χ3n) is 2.59. The minimum absolute atomic E-state index is 0.0345. The predicted octanol–water partition coefficient (Wildman–Crippen LogP) is 1.01. The van der Waals surface area contributed by atoms with Gasteiger partial charge in [0.05, 0.1) is 0 Å². The van der Waals surface area contributed by atoms with Crippen LogP contribution in [0.25, 0.3) is 0 Å². The maximum absolute atomic E-state index is 11.5. The molecule has 0 fully saturated rings. The highest BCUT2D eigenvalue weighted by Gasteiger charge is 2.17. The highest BCUT2D eigenvalue weighted by Crippen LogP contribution is 2.08. The van der Waals surface area contributed by atoms with Gasteiger partial charge in [0.1, 0.15) is 0 Å². The lowest BCUT2D eigenvalue weighted by Gasteiger charge is -2.22. The molecule has 84 valence electrons. The van der Waals surface area contributed by atoms with Crippen molar-refractivity contribution >= 4 is 18.5 Å². The van der Waals surface area contributed by atoms with Gasteiger partial charge in [-0.3, -0.25) is 4.79 Å². The second-order valence-corrected chi connectivity index (χ2v) is 4.90. The van der Waals surface area contributed by atoms with E-state index in [-0.39, 0.29) is 17.1 Å². The van der Waals surface area contributed by atoms with Crippen LogP contribution >= 0.6 is 12.6 Å². The Morgan fingerprint density at radius 3 is 2.21 bits per heavy atom. The van der Waals surface area contributed by atoms with Gasteiger partial charge in [-0.25, -0.2) is 0 Å². The summed E-state index contributed by atoms with van der Waals surface area (Å²) in [6.07, 6.45) is 0. The average molecular weight is 218 g/mol. The quantitative estimate of drug-likeness (QED) is 0.675. The van der Waals surface area contributed by atoms with Gasteiger partial charge in [-0.1, -0.05) is 13.8 Å². The number of thiol groups is 1. The summed E-state index contributed by atoms with van der Waals surface area (Å²) in [5.41, 5.74) is 0. The summed E-state index contributed by atoms with van der Waals surface area (Å²) in [5, 5.41) is 3.02. The Kier molecular flexibility index (Phi) is 6.20. The van der Waals surface area contributed by atoms with Gasteiger partial charge in [-0.15, -0.1) is 0 Å². The van der Waals surface area contributed by atoms with Crippen LogP contribution in [0.5, 0.6) is 0 Å². The number of carbonyl (C=O) groups is 1. The van der Waals surface area contributed by atoms with E-state index in [9.17, 15) is 4.79 Å². The van der Waals surface area contributed by atoms with Gasteiger partial charge < -0.3 is 10.2 Å². The van der Waals surface area contributed by atoms with Gasteiger partial charge in [-0.05, 0) is 21.0 Å². The fourth-order valence-electron chi connectivity index (χ4n) is 0.811. The lowest BCUT2D eigenvalue weighted by molar-refractivity contribution is -0.124. The summed E-state index contributed by atoms with van der Waals surface area (Å²) in [6.45, 7) is 6.60. The largest absolute Gasteiger partial charge is 0.354 e. The maximum atomic E-state index is 11.5. The molecule has 3 atom stereocenters. The van der Waals surface area contributed by atoms with E-state index < -0.39 is 0 Å². The summed E-state index contributed by atoms with van der Waals surface area (Å²) < 4.78 is 0. The van der Waals surface area contributed by atoms with Crippen LogP contribution in [-0.4, -0.2) is 42.7 Å². The Morgan fingerprint density at radius 1 is 1.36 bits per heavy atom. The maximum Gasteiger partial charge on any atom is 0.223 e. The predicted molar refractivity (Wildman–Crippen MR) is 63.8 cm³/mol. The van der Waals surface area contributed by atoms with E-state index in [1.165, 1.54) is 0 Å². The summed E-state index contributed by atoms with van der Waals surface area (Å²) in [5.74, 6) is 0.0499. The van der Waals surface area contributed by atoms with Crippen LogP contribution in [0, 0.1) is 5.92 Å². The molecule has 3 unspecified atom stereocenters. The molecule has 0 aliphatic rings. The molecule has 0 radical (unpaired) electrons. The van der Waals surface area contributed by atoms with Crippen molar-refractivity contribution in [1.82, 2.24) is 10.2 Å². The molecular formula is C10H22N2OS. The van der Waals surface area contributed by atoms with E-state index in [1.54, 1.807) is 0 Å². The van der Waals surface area contributed by atoms with E-state index >= 15 is 0 Å². The minimum atomic E-state index is -0.0345. The molecule has 0 saturated carbocycles. The molecule has 0 rings (SSSR count). The van der Waals surface area contributed by atoms with Crippen molar-refractivity contribution in [3.05, 3.63) is 0 Å². The van der Waals surface area contributed by atoms with E-state index in [2.05, 4.69) is 29.8 Å². The molecule has 0 aromatic rings. The van der Waals surface area contributed by atoms with Gasteiger partial charge in [0.2, 0.25) is 5.91 Å². The molecule has 0 saturated heterocycles. The molecule has 4 heteroatoms. The summed E-state index contributed by atoms with van der Waals surface area (Å²) >= 11 is 4.25. The third kappa shape index (κ3) is 4.86. The first-order chi connectivity index (χ1) is 6.36. The summed E-state index contributed by atoms with van der Waals surface area (Å²) in [4.78, 5) is 13.6. The average Bonchev–Trinajstić information content (AvgIpc) is 2.11. The van der Waals surface area contributed by atoms with Crippen LogP contribution in [0.2, 0.25) is 0 Å². The topological polar surface area (TPSA) is 32.3 Å². The first kappa shape index (κ1) is 13.8. The van der Waals surface area contributed by atoms with Crippen molar-refractivity contribution in [2.75, 3.05) is 20.6 Å². The monoisotopic (exact) mass is 218 g/mol. The lowest BCUT2D eigenvalue weighted by Crippen LogP contribution is -2.41. The Labute approximate surface area is 92.7 Å². The zero-order valence-corrected chi connectivity index (χ0v) is 10.6. The molecule has 3 nitrogen and oxygen atoms in total. The van der Waals surface area contributed by atoms with Crippen LogP contribution < -0.4 is 5.32 Å². The number of hydrogen-bond donors (Lipinski definition) is 2. The number of amides is 1. The molecule has 14 heavy (non-hydrogen) atoms. The molecule has 1 amide bonds. The SMILES string of the molecule is CC(S)C(C)C(=O)NCC(C)N(C)C. The first-order valence-corrected chi connectivity index (χ1v) is 5.50. The Bertz CT molecular complexity index is 183. The summed E-state index contributed by atoms with van der Waals surface area (Å²) in [7, 11) is 4.00. The van der Waals surface area contributed by atoms with Crippen molar-refractivity contribution in [2.24, 2.45) is 5.92 Å². The lowest BCUT2D eigenvalue weighted by atomic mass is 10.1. The van der Waals surface area contributed by atoms with Crippen molar-refractivity contribution < 1.29 is 4.79 Å². The molecular weight excluding hydrogens is 196 g/mol. The first-order valence-electron chi connectivity index (χ1n) is 4.98. The zero-order chi connectivity index (χ0) is 11.3. The normalized spacial score (nSPS) is 17.6. The Balaban J connectivity index is 3.85. The van der Waals surface area contributed by atoms with Crippen LogP contribution in [-0.2, 0) is 4.79 Å². The molecule has 0 aliphatic carbocycles. The van der Waals surface area contributed by atoms with Crippen molar-refractivity contribution in [1.29, 1.82) is 0 Å². The number of carbonyl (C=O) groups excluding carboxylic acids is 1. The van der Waals surface area contributed by atoms with Gasteiger partial charge in [-0.2, -0.15) is 12.6 Å². The molecule has 0 aromatic heterocycles. The summed E-state index contributed by atoms with van der Waals surface area (Å²) in [6, 6.07) is 0.362. The smallest absolute Gasteiger partial charge is 0.223 e. The van der Waals surface area contributed by atoms with Crippen LogP contribution in [0.15, 0.2) is 0 Å². The number of rotatable bonds is 5. The van der Waals surface area contributed by atoms with Gasteiger partial charge in [0.25, 0.3) is 0 Å². The number of hydrogen-bond acceptors (Lipinski definition) is 3. The van der Waals surface area contributed by atoms with E-state index in [0.717, 1.165) is 0 Å². The van der Waals surface area contributed by atoms with Crippen molar-refractivity contribution in [2.45, 2.75) is 32.1 Å². The highest BCUT2D eigenvalue weighted by atomic mass is 32.1. The molecule has 0 aromatic carbocycles. The second-order valence-electron chi connectivity index (χ2n) is 4.09. The highest BCUT2D eigenvalue weighted by molar-refractivity contribution is 7.81. The second kappa shape index (κ2) is 6.30. The van der Waals surface area contributed by atoms with Crippen molar-refractivity contribution in [3.8, 4) is 0 Å². The van der Waals surface area contributed by atoms with E-state index in [1.807, 2.05) is 27.9 Å². The number of nitrogens with zero attached hydrogens (tertiary/aromatic N) is 1. The minimum Gasteiger partial charge on any atom is -0.354 e. The molecule has 0 spiro atoms. The van der Waals surface area contributed by atoms with Gasteiger partial charge >= 0.3 is 0 Å². The Morgan fingerprint density at radius 2 is 1.86 bits per heavy atom. The van der Waals surface area contributed by atoms with Gasteiger partial charge in [0.15, 0.2) is 0 Å².